The van der Waals surface area contributed by atoms with Gasteiger partial charge in [-0.3, -0.25) is 24.5 Å². The molecule has 0 aliphatic rings. The number of hydrogen-bond acceptors (Lipinski definition) is 5. The van der Waals surface area contributed by atoms with Crippen molar-refractivity contribution in [2.45, 2.75) is 40.0 Å². The van der Waals surface area contributed by atoms with Gasteiger partial charge in [0, 0.05) is 30.4 Å². The minimum atomic E-state index is -0.628. The molecule has 0 unspecified atom stereocenters. The van der Waals surface area contributed by atoms with Gasteiger partial charge in [0.2, 0.25) is 0 Å². The third kappa shape index (κ3) is 18.3. The van der Waals surface area contributed by atoms with Crippen LogP contribution < -0.4 is 34.4 Å². The van der Waals surface area contributed by atoms with Gasteiger partial charge in [-0.25, -0.2) is 0 Å². The highest BCUT2D eigenvalue weighted by atomic mass is 16.6. The number of nitrogens with zero attached hydrogens (tertiary/aromatic N) is 4. The monoisotopic (exact) mass is 696 g/mol. The average Bonchev–Trinajstić information content (AvgIpc) is 3.03. The van der Waals surface area contributed by atoms with Gasteiger partial charge in [0.05, 0.1) is 4.92 Å². The summed E-state index contributed by atoms with van der Waals surface area (Å²) in [6, 6.07) is 19.8. The summed E-state index contributed by atoms with van der Waals surface area (Å²) >= 11 is 0. The number of benzene rings is 3. The van der Waals surface area contributed by atoms with Crippen LogP contribution in [-0.2, 0) is 19.8 Å². The Morgan fingerprint density at radius 1 is 0.647 bits per heavy atom. The van der Waals surface area contributed by atoms with Gasteiger partial charge in [-0.15, -0.1) is 0 Å². The second-order valence-electron chi connectivity index (χ2n) is 11.7. The molecule has 15 heteroatoms. The van der Waals surface area contributed by atoms with Gasteiger partial charge in [0.25, 0.3) is 23.4 Å². The first-order valence-corrected chi connectivity index (χ1v) is 15.1. The number of rotatable bonds is 7. The van der Waals surface area contributed by atoms with Gasteiger partial charge >= 0.3 is 0 Å². The molecule has 0 spiro atoms. The maximum Gasteiger partial charge on any atom is 0.272 e. The number of non-ortho nitro benzene ring substituents is 1. The molecule has 0 aromatic heterocycles. The highest BCUT2D eigenvalue weighted by Gasteiger charge is 2.13. The fraction of sp³-hybridized carbons (Fsp3) is 0.167. The van der Waals surface area contributed by atoms with E-state index in [0.29, 0.717) is 5.56 Å². The van der Waals surface area contributed by atoms with E-state index in [1.165, 1.54) is 42.0 Å². The van der Waals surface area contributed by atoms with E-state index in [9.17, 15) is 24.5 Å². The standard InChI is InChI=1S/C14H19N3O.C12H15N3O.C10H10N4O3/c1-14(2,3)11-6-4-5-10(9-11)7-8-12(18)17-13(15)16;1-8-3-4-9(2)10(7-8)5-6-11(16)15-12(13)14;11-10(12)13-9(15)5-4-7-2-1-3-8(6-7)14(16)17/h4-9H,1-3H3,(H4,15,16,17,18);3-7H,1-2H3,(H4,13,14,15,16);1-6H,(H4,11,12,13,15). The molecule has 268 valence electrons. The van der Waals surface area contributed by atoms with Crippen molar-refractivity contribution in [2.75, 3.05) is 0 Å². The van der Waals surface area contributed by atoms with Crippen LogP contribution >= 0.6 is 0 Å². The number of hydrogen-bond donors (Lipinski definition) is 6. The zero-order chi connectivity index (χ0) is 38.7. The van der Waals surface area contributed by atoms with E-state index in [1.807, 2.05) is 50.2 Å². The lowest BCUT2D eigenvalue weighted by Gasteiger charge is -2.19. The summed E-state index contributed by atoms with van der Waals surface area (Å²) in [6.45, 7) is 10.4. The largest absolute Gasteiger partial charge is 0.370 e. The Kier molecular flexibility index (Phi) is 16.9. The van der Waals surface area contributed by atoms with E-state index >= 15 is 0 Å². The molecule has 0 radical (unpaired) electrons. The topological polar surface area (TPSA) is 288 Å². The van der Waals surface area contributed by atoms with Gasteiger partial charge in [0.1, 0.15) is 0 Å². The predicted octanol–water partition coefficient (Wildman–Crippen LogP) is 3.32. The van der Waals surface area contributed by atoms with Crippen molar-refractivity contribution in [3.8, 4) is 0 Å². The molecule has 0 aliphatic heterocycles. The highest BCUT2D eigenvalue weighted by Crippen LogP contribution is 2.23. The van der Waals surface area contributed by atoms with Crippen LogP contribution in [0.1, 0.15) is 54.2 Å². The van der Waals surface area contributed by atoms with E-state index in [-0.39, 0.29) is 29.0 Å². The lowest BCUT2D eigenvalue weighted by molar-refractivity contribution is -0.384. The summed E-state index contributed by atoms with van der Waals surface area (Å²) in [6.07, 6.45) is 8.62. The van der Waals surface area contributed by atoms with Crippen molar-refractivity contribution < 1.29 is 19.3 Å². The fourth-order valence-electron chi connectivity index (χ4n) is 3.78. The summed E-state index contributed by atoms with van der Waals surface area (Å²) in [4.78, 5) is 53.6. The molecule has 0 saturated carbocycles. The molecule has 3 amide bonds. The van der Waals surface area contributed by atoms with Crippen LogP contribution in [0.25, 0.3) is 18.2 Å². The molecule has 3 rings (SSSR count). The van der Waals surface area contributed by atoms with Crippen LogP contribution in [0.15, 0.2) is 99.9 Å². The summed E-state index contributed by atoms with van der Waals surface area (Å²) in [7, 11) is 0. The van der Waals surface area contributed by atoms with Gasteiger partial charge < -0.3 is 34.4 Å². The predicted molar refractivity (Wildman–Crippen MR) is 204 cm³/mol. The third-order valence-electron chi connectivity index (χ3n) is 6.23. The molecule has 3 aromatic rings. The van der Waals surface area contributed by atoms with E-state index in [4.69, 9.17) is 34.4 Å². The van der Waals surface area contributed by atoms with Crippen molar-refractivity contribution in [2.24, 2.45) is 49.4 Å². The Morgan fingerprint density at radius 3 is 1.55 bits per heavy atom. The molecule has 12 N–H and O–H groups in total. The minimum absolute atomic E-state index is 0.0542. The molecular weight excluding hydrogens is 652 g/mol. The molecule has 0 aliphatic carbocycles. The van der Waals surface area contributed by atoms with E-state index < -0.39 is 22.6 Å². The Balaban J connectivity index is 0.000000383. The lowest BCUT2D eigenvalue weighted by Crippen LogP contribution is -2.23. The van der Waals surface area contributed by atoms with Gasteiger partial charge in [0.15, 0.2) is 17.9 Å². The second-order valence-corrected chi connectivity index (χ2v) is 11.7. The normalized spacial score (nSPS) is 10.7. The number of nitro groups is 1. The minimum Gasteiger partial charge on any atom is -0.370 e. The molecule has 0 saturated heterocycles. The number of carbonyl (C=O) groups is 3. The molecule has 15 nitrogen and oxygen atoms in total. The zero-order valence-electron chi connectivity index (χ0n) is 29.1. The van der Waals surface area contributed by atoms with E-state index in [0.717, 1.165) is 28.3 Å². The van der Waals surface area contributed by atoms with Crippen LogP contribution in [0.3, 0.4) is 0 Å². The number of carbonyl (C=O) groups excluding carboxylic acids is 3. The fourth-order valence-corrected chi connectivity index (χ4v) is 3.78. The first kappa shape index (κ1) is 42.1. The van der Waals surface area contributed by atoms with Crippen LogP contribution in [0.4, 0.5) is 5.69 Å². The summed E-state index contributed by atoms with van der Waals surface area (Å²) in [5, 5.41) is 10.5. The third-order valence-corrected chi connectivity index (χ3v) is 6.23. The maximum atomic E-state index is 11.3. The Labute approximate surface area is 296 Å². The van der Waals surface area contributed by atoms with Gasteiger partial charge in [-0.2, -0.15) is 15.0 Å². The highest BCUT2D eigenvalue weighted by molar-refractivity contribution is 6.01. The molecule has 3 aromatic carbocycles. The van der Waals surface area contributed by atoms with Crippen LogP contribution in [0.5, 0.6) is 0 Å². The first-order chi connectivity index (χ1) is 23.8. The smallest absolute Gasteiger partial charge is 0.272 e. The molecular formula is C36H44N10O5. The molecule has 0 atom stereocenters. The van der Waals surface area contributed by atoms with E-state index in [2.05, 4.69) is 41.8 Å². The van der Waals surface area contributed by atoms with Crippen molar-refractivity contribution >= 4 is 59.5 Å². The summed E-state index contributed by atoms with van der Waals surface area (Å²) < 4.78 is 0. The quantitative estimate of drug-likeness (QED) is 0.0684. The number of amides is 3. The average molecular weight is 697 g/mol. The Hall–Kier alpha value is -6.90. The maximum absolute atomic E-state index is 11.3. The molecule has 0 fully saturated rings. The van der Waals surface area contributed by atoms with Crippen LogP contribution in [0, 0.1) is 24.0 Å². The Morgan fingerprint density at radius 2 is 1.10 bits per heavy atom. The van der Waals surface area contributed by atoms with Gasteiger partial charge in [-0.1, -0.05) is 80.9 Å². The Bertz CT molecular complexity index is 1890. The molecule has 51 heavy (non-hydrogen) atoms. The van der Waals surface area contributed by atoms with Crippen molar-refractivity contribution in [3.63, 3.8) is 0 Å². The molecule has 0 bridgehead atoms. The lowest BCUT2D eigenvalue weighted by atomic mass is 9.86. The first-order valence-electron chi connectivity index (χ1n) is 15.1. The summed E-state index contributed by atoms with van der Waals surface area (Å²) in [5.41, 5.74) is 36.3. The van der Waals surface area contributed by atoms with E-state index in [1.54, 1.807) is 18.2 Å². The molecule has 0 heterocycles. The van der Waals surface area contributed by atoms with Crippen LogP contribution in [0.2, 0.25) is 0 Å². The number of guanidine groups is 3. The second kappa shape index (κ2) is 20.5. The number of aliphatic imine (C=N–C) groups is 3. The number of aryl methyl sites for hydroxylation is 2. The zero-order valence-corrected chi connectivity index (χ0v) is 29.1. The number of nitrogens with two attached hydrogens (primary N) is 6. The van der Waals surface area contributed by atoms with Gasteiger partial charge in [-0.05, 0) is 65.3 Å². The number of nitro benzene ring substituents is 1. The van der Waals surface area contributed by atoms with Crippen LogP contribution in [-0.4, -0.2) is 40.5 Å². The van der Waals surface area contributed by atoms with Crippen molar-refractivity contribution in [1.29, 1.82) is 0 Å². The van der Waals surface area contributed by atoms with Crippen molar-refractivity contribution in [1.82, 2.24) is 0 Å². The SMILES string of the molecule is CC(C)(C)c1cccc(C=CC(=O)N=C(N)N)c1.Cc1ccc(C)c(C=CC(=O)N=C(N)N)c1.NC(N)=NC(=O)C=Cc1cccc([N+](=O)[O-])c1. The van der Waals surface area contributed by atoms with Crippen molar-refractivity contribution in [3.05, 3.63) is 128 Å². The summed E-state index contributed by atoms with van der Waals surface area (Å²) in [5.74, 6) is -2.34.